The summed E-state index contributed by atoms with van der Waals surface area (Å²) in [7, 11) is 1.60. The highest BCUT2D eigenvalue weighted by Crippen LogP contribution is 2.35. The maximum atomic E-state index is 13.4. The van der Waals surface area contributed by atoms with E-state index in [1.54, 1.807) is 31.4 Å². The van der Waals surface area contributed by atoms with Crippen molar-refractivity contribution in [1.29, 1.82) is 0 Å². The number of hydrogen-bond donors (Lipinski definition) is 0. The highest BCUT2D eigenvalue weighted by molar-refractivity contribution is 5.89. The van der Waals surface area contributed by atoms with Crippen LogP contribution in [0.1, 0.15) is 46.0 Å². The Hall–Kier alpha value is -4.75. The largest absolute Gasteiger partial charge is 0.453 e. The summed E-state index contributed by atoms with van der Waals surface area (Å²) in [4.78, 5) is 13.4. The van der Waals surface area contributed by atoms with Gasteiger partial charge in [-0.3, -0.25) is 0 Å². The van der Waals surface area contributed by atoms with Crippen molar-refractivity contribution in [2.24, 2.45) is 0 Å². The van der Waals surface area contributed by atoms with E-state index in [0.29, 0.717) is 25.4 Å². The third-order valence-electron chi connectivity index (χ3n) is 10.3. The molecule has 0 radical (unpaired) electrons. The van der Waals surface area contributed by atoms with E-state index >= 15 is 0 Å². The number of esters is 1. The fraction of sp³-hybridized carbons (Fsp3) is 0.354. The lowest BCUT2D eigenvalue weighted by Crippen LogP contribution is -2.63. The second-order valence-corrected chi connectivity index (χ2v) is 14.5. The van der Waals surface area contributed by atoms with Crippen molar-refractivity contribution in [1.82, 2.24) is 0 Å². The zero-order chi connectivity index (χ0) is 39.9. The molecule has 0 aliphatic carbocycles. The molecular weight excluding hydrogens is 737 g/mol. The van der Waals surface area contributed by atoms with Crippen LogP contribution in [0.3, 0.4) is 0 Å². The van der Waals surface area contributed by atoms with Crippen molar-refractivity contribution in [3.05, 3.63) is 179 Å². The first kappa shape index (κ1) is 41.4. The average Bonchev–Trinajstić information content (AvgIpc) is 3.27. The summed E-state index contributed by atoms with van der Waals surface area (Å²) in [6.45, 7) is 3.29. The fourth-order valence-electron chi connectivity index (χ4n) is 7.27. The predicted octanol–water partition coefficient (Wildman–Crippen LogP) is 8.08. The van der Waals surface area contributed by atoms with Crippen LogP contribution in [-0.4, -0.2) is 75.0 Å². The van der Waals surface area contributed by atoms with Crippen LogP contribution >= 0.6 is 0 Å². The first-order valence-electron chi connectivity index (χ1n) is 19.9. The van der Waals surface area contributed by atoms with Gasteiger partial charge in [-0.25, -0.2) is 4.79 Å². The molecule has 2 fully saturated rings. The summed E-state index contributed by atoms with van der Waals surface area (Å²) in [6.07, 6.45) is -6.01. The minimum absolute atomic E-state index is 0.170. The van der Waals surface area contributed by atoms with Crippen LogP contribution < -0.4 is 0 Å². The standard InChI is InChI=1S/C48H52O10/c1-34-43(58-47(49)39-26-16-7-17-27-39)40(52-30-36-20-10-4-11-21-36)28-42(55-34)57-44-41(33-51-29-35-18-8-3-9-19-35)56-48(50-2)46(54-32-38-24-14-6-15-25-38)45(44)53-31-37-22-12-5-13-23-37/h3-27,34,40-46,48H,28-33H2,1-2H3/t34-,40-,41-,42-,43-,44-,45+,46-,48+/m1/s1. The van der Waals surface area contributed by atoms with Crippen LogP contribution in [0.2, 0.25) is 0 Å². The van der Waals surface area contributed by atoms with Crippen molar-refractivity contribution in [3.63, 3.8) is 0 Å². The number of ether oxygens (including phenoxy) is 9. The van der Waals surface area contributed by atoms with Gasteiger partial charge in [-0.1, -0.05) is 140 Å². The molecule has 10 heteroatoms. The van der Waals surface area contributed by atoms with Gasteiger partial charge in [0, 0.05) is 13.5 Å². The van der Waals surface area contributed by atoms with Gasteiger partial charge in [0.2, 0.25) is 0 Å². The Labute approximate surface area is 340 Å². The van der Waals surface area contributed by atoms with Crippen LogP contribution in [0.15, 0.2) is 152 Å². The van der Waals surface area contributed by atoms with Crippen molar-refractivity contribution >= 4 is 5.97 Å². The smallest absolute Gasteiger partial charge is 0.338 e. The van der Waals surface area contributed by atoms with Gasteiger partial charge < -0.3 is 42.6 Å². The van der Waals surface area contributed by atoms with Crippen molar-refractivity contribution in [2.75, 3.05) is 13.7 Å². The van der Waals surface area contributed by atoms with Gasteiger partial charge >= 0.3 is 5.97 Å². The molecule has 0 amide bonds. The molecule has 304 valence electrons. The van der Waals surface area contributed by atoms with Crippen LogP contribution in [0.25, 0.3) is 0 Å². The topological polar surface area (TPSA) is 100 Å². The first-order valence-corrected chi connectivity index (χ1v) is 19.9. The molecule has 0 bridgehead atoms. The molecule has 0 N–H and O–H groups in total. The van der Waals surface area contributed by atoms with E-state index in [2.05, 4.69) is 0 Å². The molecule has 5 aromatic carbocycles. The van der Waals surface area contributed by atoms with Crippen molar-refractivity contribution in [2.45, 2.75) is 95.1 Å². The Balaban J connectivity index is 1.16. The van der Waals surface area contributed by atoms with Crippen LogP contribution in [0, 0.1) is 0 Å². The monoisotopic (exact) mass is 788 g/mol. The maximum absolute atomic E-state index is 13.4. The molecule has 5 aromatic rings. The van der Waals surface area contributed by atoms with E-state index in [1.807, 2.05) is 134 Å². The van der Waals surface area contributed by atoms with Gasteiger partial charge in [-0.15, -0.1) is 0 Å². The number of benzene rings is 5. The molecule has 2 heterocycles. The Kier molecular flexibility index (Phi) is 15.2. The molecule has 0 aromatic heterocycles. The molecular formula is C48H52O10. The lowest BCUT2D eigenvalue weighted by atomic mass is 9.97. The van der Waals surface area contributed by atoms with Crippen LogP contribution in [0.5, 0.6) is 0 Å². The van der Waals surface area contributed by atoms with Crippen LogP contribution in [-0.2, 0) is 69.1 Å². The van der Waals surface area contributed by atoms with E-state index in [4.69, 9.17) is 42.6 Å². The minimum Gasteiger partial charge on any atom is -0.453 e. The average molecular weight is 789 g/mol. The number of hydrogen-bond acceptors (Lipinski definition) is 10. The molecule has 2 aliphatic rings. The zero-order valence-electron chi connectivity index (χ0n) is 33.0. The molecule has 10 nitrogen and oxygen atoms in total. The lowest BCUT2D eigenvalue weighted by Gasteiger charge is -2.47. The second-order valence-electron chi connectivity index (χ2n) is 14.5. The number of carbonyl (C=O) groups excluding carboxylic acids is 1. The van der Waals surface area contributed by atoms with E-state index in [9.17, 15) is 4.79 Å². The van der Waals surface area contributed by atoms with Crippen LogP contribution in [0.4, 0.5) is 0 Å². The van der Waals surface area contributed by atoms with E-state index < -0.39 is 61.3 Å². The van der Waals surface area contributed by atoms with Gasteiger partial charge in [0.1, 0.15) is 30.5 Å². The minimum atomic E-state index is -0.802. The summed E-state index contributed by atoms with van der Waals surface area (Å²) >= 11 is 0. The molecule has 0 unspecified atom stereocenters. The molecule has 2 aliphatic heterocycles. The summed E-state index contributed by atoms with van der Waals surface area (Å²) < 4.78 is 58.6. The Bertz CT molecular complexity index is 1920. The third-order valence-corrected chi connectivity index (χ3v) is 10.3. The zero-order valence-corrected chi connectivity index (χ0v) is 33.0. The van der Waals surface area contributed by atoms with Gasteiger partial charge in [0.15, 0.2) is 18.7 Å². The van der Waals surface area contributed by atoms with E-state index in [0.717, 1.165) is 22.3 Å². The fourth-order valence-corrected chi connectivity index (χ4v) is 7.27. The molecule has 2 saturated heterocycles. The number of carbonyl (C=O) groups is 1. The van der Waals surface area contributed by atoms with Crippen molar-refractivity contribution < 1.29 is 47.4 Å². The predicted molar refractivity (Wildman–Crippen MR) is 216 cm³/mol. The van der Waals surface area contributed by atoms with E-state index in [-0.39, 0.29) is 19.6 Å². The van der Waals surface area contributed by atoms with Crippen molar-refractivity contribution in [3.8, 4) is 0 Å². The van der Waals surface area contributed by atoms with Gasteiger partial charge in [-0.05, 0) is 41.3 Å². The molecule has 58 heavy (non-hydrogen) atoms. The lowest BCUT2D eigenvalue weighted by molar-refractivity contribution is -0.351. The van der Waals surface area contributed by atoms with E-state index in [1.165, 1.54) is 0 Å². The quantitative estimate of drug-likeness (QED) is 0.0811. The number of rotatable bonds is 18. The summed E-state index contributed by atoms with van der Waals surface area (Å²) in [5, 5.41) is 0. The Morgan fingerprint density at radius 3 is 1.59 bits per heavy atom. The summed E-state index contributed by atoms with van der Waals surface area (Å²) in [5.41, 5.74) is 4.44. The molecule has 0 saturated carbocycles. The molecule has 9 atom stereocenters. The SMILES string of the molecule is CO[C@H]1O[C@H](COCc2ccccc2)[C@@H](O[C@@H]2C[C@@H](OCc3ccccc3)[C@H](OC(=O)c3ccccc3)[C@@H](C)O2)[C@H](OCc2ccccc2)[C@H]1OCc1ccccc1. The highest BCUT2D eigenvalue weighted by Gasteiger charge is 2.51. The Morgan fingerprint density at radius 2 is 1.05 bits per heavy atom. The third kappa shape index (κ3) is 11.5. The number of methoxy groups -OCH3 is 1. The first-order chi connectivity index (χ1) is 28.5. The summed E-state index contributed by atoms with van der Waals surface area (Å²) in [5.74, 6) is -0.455. The Morgan fingerprint density at radius 1 is 0.569 bits per heavy atom. The van der Waals surface area contributed by atoms with Gasteiger partial charge in [0.05, 0.1) is 44.7 Å². The molecule has 7 rings (SSSR count). The highest BCUT2D eigenvalue weighted by atomic mass is 16.7. The normalized spacial score (nSPS) is 25.9. The van der Waals surface area contributed by atoms with Gasteiger partial charge in [-0.2, -0.15) is 0 Å². The second kappa shape index (κ2) is 21.3. The maximum Gasteiger partial charge on any atom is 0.338 e. The summed E-state index contributed by atoms with van der Waals surface area (Å²) in [6, 6.07) is 48.6. The van der Waals surface area contributed by atoms with Gasteiger partial charge in [0.25, 0.3) is 0 Å². The molecule has 0 spiro atoms.